The SMILES string of the molecule is O=C(c1cccc2ccccc12)N(CCCN1CCOCC1)c1nc2c(Cl)cccc2s1. The van der Waals surface area contributed by atoms with Gasteiger partial charge < -0.3 is 4.74 Å². The van der Waals surface area contributed by atoms with Gasteiger partial charge in [0.25, 0.3) is 5.91 Å². The number of fused-ring (bicyclic) bond motifs is 2. The Bertz CT molecular complexity index is 1250. The van der Waals surface area contributed by atoms with Crippen molar-refractivity contribution in [1.29, 1.82) is 0 Å². The second-order valence-electron chi connectivity index (χ2n) is 7.87. The molecule has 5 rings (SSSR count). The van der Waals surface area contributed by atoms with Crippen LogP contribution in [0.2, 0.25) is 5.02 Å². The van der Waals surface area contributed by atoms with E-state index in [0.717, 1.165) is 60.3 Å². The highest BCUT2D eigenvalue weighted by molar-refractivity contribution is 7.22. The van der Waals surface area contributed by atoms with Crippen molar-refractivity contribution in [3.63, 3.8) is 0 Å². The number of amides is 1. The predicted molar refractivity (Wildman–Crippen MR) is 132 cm³/mol. The highest BCUT2D eigenvalue weighted by Gasteiger charge is 2.23. The molecule has 0 spiro atoms. The molecule has 32 heavy (non-hydrogen) atoms. The Labute approximate surface area is 196 Å². The van der Waals surface area contributed by atoms with Crippen LogP contribution in [0.4, 0.5) is 5.13 Å². The highest BCUT2D eigenvalue weighted by Crippen LogP contribution is 2.34. The third-order valence-corrected chi connectivity index (χ3v) is 7.16. The quantitative estimate of drug-likeness (QED) is 0.378. The molecule has 0 radical (unpaired) electrons. The first-order valence-corrected chi connectivity index (χ1v) is 12.0. The van der Waals surface area contributed by atoms with Crippen molar-refractivity contribution in [3.8, 4) is 0 Å². The lowest BCUT2D eigenvalue weighted by molar-refractivity contribution is 0.0376. The first-order valence-electron chi connectivity index (χ1n) is 10.9. The molecular formula is C25H24ClN3O2S. The van der Waals surface area contributed by atoms with Gasteiger partial charge in [0.2, 0.25) is 0 Å². The van der Waals surface area contributed by atoms with Gasteiger partial charge in [-0.2, -0.15) is 0 Å². The van der Waals surface area contributed by atoms with Crippen molar-refractivity contribution in [1.82, 2.24) is 9.88 Å². The van der Waals surface area contributed by atoms with Gasteiger partial charge in [-0.3, -0.25) is 14.6 Å². The molecule has 1 aliphatic heterocycles. The summed E-state index contributed by atoms with van der Waals surface area (Å²) in [5, 5.41) is 3.31. The summed E-state index contributed by atoms with van der Waals surface area (Å²) < 4.78 is 6.43. The van der Waals surface area contributed by atoms with Crippen molar-refractivity contribution in [2.75, 3.05) is 44.3 Å². The number of anilines is 1. The van der Waals surface area contributed by atoms with Crippen molar-refractivity contribution >= 4 is 55.0 Å². The lowest BCUT2D eigenvalue weighted by Crippen LogP contribution is -2.39. The van der Waals surface area contributed by atoms with Gasteiger partial charge in [0.05, 0.1) is 22.9 Å². The zero-order valence-electron chi connectivity index (χ0n) is 17.7. The van der Waals surface area contributed by atoms with Crippen LogP contribution in [0.25, 0.3) is 21.0 Å². The van der Waals surface area contributed by atoms with Gasteiger partial charge in [0.15, 0.2) is 5.13 Å². The molecule has 1 fully saturated rings. The smallest absolute Gasteiger partial charge is 0.260 e. The van der Waals surface area contributed by atoms with Crippen LogP contribution in [0, 0.1) is 0 Å². The Balaban J connectivity index is 1.47. The number of benzene rings is 3. The van der Waals surface area contributed by atoms with E-state index in [4.69, 9.17) is 21.3 Å². The molecule has 3 aromatic carbocycles. The molecule has 1 aliphatic rings. The van der Waals surface area contributed by atoms with Crippen LogP contribution < -0.4 is 4.90 Å². The summed E-state index contributed by atoms with van der Waals surface area (Å²) in [5.74, 6) is -0.0287. The number of rotatable bonds is 6. The molecule has 164 valence electrons. The number of halogens is 1. The predicted octanol–water partition coefficient (Wildman–Crippen LogP) is 5.47. The van der Waals surface area contributed by atoms with Gasteiger partial charge in [0.1, 0.15) is 5.52 Å². The van der Waals surface area contributed by atoms with Gasteiger partial charge in [-0.25, -0.2) is 4.98 Å². The molecule has 2 heterocycles. The van der Waals surface area contributed by atoms with E-state index < -0.39 is 0 Å². The Hall–Kier alpha value is -2.51. The van der Waals surface area contributed by atoms with Crippen molar-refractivity contribution in [3.05, 3.63) is 71.2 Å². The summed E-state index contributed by atoms with van der Waals surface area (Å²) >= 11 is 7.89. The van der Waals surface area contributed by atoms with E-state index in [0.29, 0.717) is 22.3 Å². The second-order valence-corrected chi connectivity index (χ2v) is 9.29. The number of carbonyl (C=O) groups excluding carboxylic acids is 1. The monoisotopic (exact) mass is 465 g/mol. The standard InChI is InChI=1S/C25H24ClN3O2S/c26-21-10-4-11-22-23(21)27-25(32-22)29(13-5-12-28-14-16-31-17-15-28)24(30)20-9-3-7-18-6-1-2-8-19(18)20/h1-4,6-11H,5,12-17H2. The molecule has 4 aromatic rings. The average Bonchev–Trinajstić information content (AvgIpc) is 3.27. The number of ether oxygens (including phenoxy) is 1. The fourth-order valence-corrected chi connectivity index (χ4v) is 5.43. The summed E-state index contributed by atoms with van der Waals surface area (Å²) in [6, 6.07) is 19.6. The van der Waals surface area contributed by atoms with E-state index in [-0.39, 0.29) is 5.91 Å². The number of morpholine rings is 1. The van der Waals surface area contributed by atoms with Gasteiger partial charge in [0, 0.05) is 31.7 Å². The maximum absolute atomic E-state index is 13.8. The third kappa shape index (κ3) is 4.36. The number of thiazole rings is 1. The fraction of sp³-hybridized carbons (Fsp3) is 0.280. The largest absolute Gasteiger partial charge is 0.379 e. The maximum Gasteiger partial charge on any atom is 0.260 e. The Morgan fingerprint density at radius 2 is 1.84 bits per heavy atom. The van der Waals surface area contributed by atoms with Crippen molar-refractivity contribution < 1.29 is 9.53 Å². The van der Waals surface area contributed by atoms with E-state index >= 15 is 0 Å². The first kappa shape index (κ1) is 21.3. The van der Waals surface area contributed by atoms with Crippen LogP contribution in [0.15, 0.2) is 60.7 Å². The van der Waals surface area contributed by atoms with Crippen LogP contribution in [0.1, 0.15) is 16.8 Å². The zero-order valence-corrected chi connectivity index (χ0v) is 19.2. The number of nitrogens with zero attached hydrogens (tertiary/aromatic N) is 3. The number of para-hydroxylation sites is 1. The molecule has 0 atom stereocenters. The average molecular weight is 466 g/mol. The second kappa shape index (κ2) is 9.55. The normalized spacial score (nSPS) is 14.8. The van der Waals surface area contributed by atoms with Crippen LogP contribution in [-0.4, -0.2) is 55.2 Å². The summed E-state index contributed by atoms with van der Waals surface area (Å²) in [6.45, 7) is 4.94. The van der Waals surface area contributed by atoms with Crippen LogP contribution in [0.3, 0.4) is 0 Å². The Morgan fingerprint density at radius 3 is 2.69 bits per heavy atom. The molecule has 0 aliphatic carbocycles. The number of hydrogen-bond donors (Lipinski definition) is 0. The van der Waals surface area contributed by atoms with Crippen molar-refractivity contribution in [2.24, 2.45) is 0 Å². The number of carbonyl (C=O) groups is 1. The Morgan fingerprint density at radius 1 is 1.06 bits per heavy atom. The highest BCUT2D eigenvalue weighted by atomic mass is 35.5. The van der Waals surface area contributed by atoms with Gasteiger partial charge >= 0.3 is 0 Å². The van der Waals surface area contributed by atoms with E-state index in [1.54, 1.807) is 0 Å². The van der Waals surface area contributed by atoms with Crippen LogP contribution in [-0.2, 0) is 4.74 Å². The minimum absolute atomic E-state index is 0.0287. The van der Waals surface area contributed by atoms with Gasteiger partial charge in [-0.15, -0.1) is 0 Å². The van der Waals surface area contributed by atoms with Gasteiger partial charge in [-0.05, 0) is 35.4 Å². The molecule has 1 amide bonds. The molecule has 7 heteroatoms. The molecule has 0 unspecified atom stereocenters. The number of aromatic nitrogens is 1. The molecule has 0 N–H and O–H groups in total. The summed E-state index contributed by atoms with van der Waals surface area (Å²) in [7, 11) is 0. The van der Waals surface area contributed by atoms with E-state index in [1.807, 2.05) is 65.6 Å². The topological polar surface area (TPSA) is 45.7 Å². The first-order chi connectivity index (χ1) is 15.7. The molecule has 1 saturated heterocycles. The summed E-state index contributed by atoms with van der Waals surface area (Å²) in [6.07, 6.45) is 0.861. The van der Waals surface area contributed by atoms with Crippen LogP contribution in [0.5, 0.6) is 0 Å². The van der Waals surface area contributed by atoms with Crippen LogP contribution >= 0.6 is 22.9 Å². The van der Waals surface area contributed by atoms with E-state index in [1.165, 1.54) is 11.3 Å². The minimum atomic E-state index is -0.0287. The summed E-state index contributed by atoms with van der Waals surface area (Å²) in [5.41, 5.74) is 1.44. The molecule has 5 nitrogen and oxygen atoms in total. The van der Waals surface area contributed by atoms with E-state index in [9.17, 15) is 4.79 Å². The maximum atomic E-state index is 13.8. The molecule has 1 aromatic heterocycles. The minimum Gasteiger partial charge on any atom is -0.379 e. The molecule has 0 saturated carbocycles. The molecular weight excluding hydrogens is 442 g/mol. The summed E-state index contributed by atoms with van der Waals surface area (Å²) in [4.78, 5) is 22.8. The third-order valence-electron chi connectivity index (χ3n) is 5.81. The lowest BCUT2D eigenvalue weighted by atomic mass is 10.0. The Kier molecular flexibility index (Phi) is 6.37. The zero-order chi connectivity index (χ0) is 21.9. The molecule has 0 bridgehead atoms. The lowest BCUT2D eigenvalue weighted by Gasteiger charge is -2.28. The fourth-order valence-electron chi connectivity index (χ4n) is 4.14. The van der Waals surface area contributed by atoms with Gasteiger partial charge in [-0.1, -0.05) is 65.4 Å². The van der Waals surface area contributed by atoms with E-state index in [2.05, 4.69) is 4.90 Å². The number of hydrogen-bond acceptors (Lipinski definition) is 5. The van der Waals surface area contributed by atoms with Crippen molar-refractivity contribution in [2.45, 2.75) is 6.42 Å².